The Labute approximate surface area is 255 Å². The summed E-state index contributed by atoms with van der Waals surface area (Å²) < 4.78 is 273. The van der Waals surface area contributed by atoms with Gasteiger partial charge in [0, 0.05) is 0 Å². The van der Waals surface area contributed by atoms with Gasteiger partial charge in [-0.15, -0.1) is 0 Å². The van der Waals surface area contributed by atoms with Gasteiger partial charge in [0.05, 0.1) is 0 Å². The number of halogens is 20. The van der Waals surface area contributed by atoms with Crippen molar-refractivity contribution in [3.8, 4) is 0 Å². The van der Waals surface area contributed by atoms with Crippen LogP contribution in [0.5, 0.6) is 0 Å². The third kappa shape index (κ3) is 12.0. The van der Waals surface area contributed by atoms with E-state index in [1.54, 1.807) is 0 Å². The van der Waals surface area contributed by atoms with E-state index in [9.17, 15) is 87.8 Å². The molecule has 0 spiro atoms. The van der Waals surface area contributed by atoms with Gasteiger partial charge in [-0.05, 0) is 0 Å². The van der Waals surface area contributed by atoms with Crippen LogP contribution >= 0.6 is 0 Å². The molecule has 0 heterocycles. The summed E-state index contributed by atoms with van der Waals surface area (Å²) in [4.78, 5) is 0. The zero-order chi connectivity index (χ0) is 36.5. The van der Waals surface area contributed by atoms with E-state index in [1.165, 1.54) is 0 Å². The minimum absolute atomic E-state index is 0.797. The van der Waals surface area contributed by atoms with Gasteiger partial charge in [-0.25, -0.2) is 0 Å². The van der Waals surface area contributed by atoms with E-state index in [2.05, 4.69) is 0 Å². The molecule has 0 rings (SSSR count). The maximum absolute atomic E-state index is 14.6. The second-order valence-electron chi connectivity index (χ2n) is 11.7. The Bertz CT molecular complexity index is 870. The van der Waals surface area contributed by atoms with Gasteiger partial charge in [-0.1, -0.05) is 0 Å². The molecule has 0 aliphatic carbocycles. The van der Waals surface area contributed by atoms with Gasteiger partial charge in [-0.3, -0.25) is 0 Å². The van der Waals surface area contributed by atoms with E-state index >= 15 is 0 Å². The van der Waals surface area contributed by atoms with E-state index in [0.717, 1.165) is 26.2 Å². The van der Waals surface area contributed by atoms with Crippen LogP contribution in [-0.2, 0) is 0 Å². The molecule has 272 valence electrons. The summed E-state index contributed by atoms with van der Waals surface area (Å²) in [5.74, 6) is -37.0. The Morgan fingerprint density at radius 2 is 0.711 bits per heavy atom. The second-order valence-corrected chi connectivity index (χ2v) is 44.5. The van der Waals surface area contributed by atoms with Gasteiger partial charge < -0.3 is 0 Å². The van der Waals surface area contributed by atoms with E-state index in [-0.39, 0.29) is 0 Å². The first-order chi connectivity index (χ1) is 19.4. The topological polar surface area (TPSA) is 0 Å². The van der Waals surface area contributed by atoms with E-state index < -0.39 is 141 Å². The summed E-state index contributed by atoms with van der Waals surface area (Å²) in [5, 5.41) is 0. The molecule has 0 aliphatic rings. The fourth-order valence-corrected chi connectivity index (χ4v) is 58.7. The molecule has 0 amide bonds. The molecule has 2 atom stereocenters. The SMILES string of the molecule is C[Si](C)(CC(F)(F)C(F)(F)C(F)(F)C(F)CCCC(F)(F)F)[Te][Si](C)(C)CC(F)(F)C(F)(F)C(F)(F)C(F)CCCC(F)(F)F. The molecule has 0 bridgehead atoms. The van der Waals surface area contributed by atoms with Gasteiger partial charge in [0.1, 0.15) is 0 Å². The Balaban J connectivity index is 5.86. The predicted molar refractivity (Wildman–Crippen MR) is 130 cm³/mol. The van der Waals surface area contributed by atoms with Crippen molar-refractivity contribution in [2.75, 3.05) is 0 Å². The van der Waals surface area contributed by atoms with Crippen molar-refractivity contribution in [2.45, 2.75) is 137 Å². The van der Waals surface area contributed by atoms with Crippen LogP contribution in [0.4, 0.5) is 87.8 Å². The second kappa shape index (κ2) is 14.4. The van der Waals surface area contributed by atoms with Crippen molar-refractivity contribution in [1.82, 2.24) is 0 Å². The molecule has 0 saturated carbocycles. The molecule has 0 aromatic heterocycles. The van der Waals surface area contributed by atoms with Gasteiger partial charge in [0.15, 0.2) is 0 Å². The first-order valence-electron chi connectivity index (χ1n) is 12.8. The van der Waals surface area contributed by atoms with Crippen LogP contribution in [0.15, 0.2) is 0 Å². The Kier molecular flexibility index (Phi) is 14.3. The summed E-state index contributed by atoms with van der Waals surface area (Å²) in [6, 6.07) is -4.30. The Morgan fingerprint density at radius 1 is 0.467 bits per heavy atom. The Hall–Kier alpha value is -0.177. The molecule has 0 aromatic rings. The molecule has 0 aliphatic heterocycles. The van der Waals surface area contributed by atoms with Crippen LogP contribution < -0.4 is 0 Å². The quantitative estimate of drug-likeness (QED) is 0.0952. The van der Waals surface area contributed by atoms with Crippen LogP contribution in [0.25, 0.3) is 0 Å². The molecule has 45 heavy (non-hydrogen) atoms. The van der Waals surface area contributed by atoms with Crippen molar-refractivity contribution in [2.24, 2.45) is 0 Å². The third-order valence-corrected chi connectivity index (χ3v) is 44.1. The maximum atomic E-state index is 14.6. The zero-order valence-electron chi connectivity index (χ0n) is 23.8. The number of alkyl halides is 20. The van der Waals surface area contributed by atoms with E-state index in [1.807, 2.05) is 0 Å². The number of rotatable bonds is 18. The Morgan fingerprint density at radius 3 is 0.933 bits per heavy atom. The molecule has 0 radical (unpaired) electrons. The number of hydrogen-bond acceptors (Lipinski definition) is 0. The van der Waals surface area contributed by atoms with Crippen LogP contribution in [0, 0.1) is 0 Å². The van der Waals surface area contributed by atoms with Crippen molar-refractivity contribution >= 4 is 30.6 Å². The standard InChI is InChI=1S/C22H30F20Si2Te/c1-43(2,11-15(25,26)21(39,40)19(35,36)13(23)7-5-9-17(29,30)31)45-44(3,4)12-16(27,28)22(41,42)20(37,38)14(24)8-6-10-18(32,33)34/h13-14H,5-12H2,1-4H3. The average Bonchev–Trinajstić information content (AvgIpc) is 2.73. The molecule has 0 saturated heterocycles. The molecule has 0 nitrogen and oxygen atoms in total. The molecule has 23 heteroatoms. The van der Waals surface area contributed by atoms with Crippen LogP contribution in [-0.4, -0.2) is 90.8 Å². The first-order valence-corrected chi connectivity index (χ1v) is 26.0. The average molecular weight is 858 g/mol. The summed E-state index contributed by atoms with van der Waals surface area (Å²) in [6.07, 6.45) is -28.8. The van der Waals surface area contributed by atoms with Crippen molar-refractivity contribution in [1.29, 1.82) is 0 Å². The van der Waals surface area contributed by atoms with Crippen molar-refractivity contribution < 1.29 is 87.8 Å². The molecular formula is C22H30F20Si2Te. The van der Waals surface area contributed by atoms with Gasteiger partial charge in [0.2, 0.25) is 0 Å². The molecular weight excluding hydrogens is 828 g/mol. The molecule has 2 unspecified atom stereocenters. The van der Waals surface area contributed by atoms with Gasteiger partial charge in [0.25, 0.3) is 0 Å². The normalized spacial score (nSPS) is 17.1. The van der Waals surface area contributed by atoms with E-state index in [4.69, 9.17) is 0 Å². The van der Waals surface area contributed by atoms with Crippen LogP contribution in [0.1, 0.15) is 38.5 Å². The van der Waals surface area contributed by atoms with Crippen LogP contribution in [0.3, 0.4) is 0 Å². The van der Waals surface area contributed by atoms with Gasteiger partial charge >= 0.3 is 255 Å². The fourth-order valence-electron chi connectivity index (χ4n) is 4.32. The first kappa shape index (κ1) is 44.8. The summed E-state index contributed by atoms with van der Waals surface area (Å²) in [6.45, 7) is 3.19. The third-order valence-electron chi connectivity index (χ3n) is 6.23. The monoisotopic (exact) mass is 860 g/mol. The summed E-state index contributed by atoms with van der Waals surface area (Å²) in [5.41, 5.74) is -8.20. The predicted octanol–water partition coefficient (Wildman–Crippen LogP) is 11.1. The summed E-state index contributed by atoms with van der Waals surface area (Å²) in [7, 11) is 0. The molecule has 0 aromatic carbocycles. The molecule has 0 N–H and O–H groups in total. The van der Waals surface area contributed by atoms with E-state index in [0.29, 0.717) is 0 Å². The fraction of sp³-hybridized carbons (Fsp3) is 1.00. The number of hydrogen-bond donors (Lipinski definition) is 0. The van der Waals surface area contributed by atoms with Crippen molar-refractivity contribution in [3.63, 3.8) is 0 Å². The minimum atomic E-state index is -6.51. The zero-order valence-corrected chi connectivity index (χ0v) is 28.1. The molecule has 0 fully saturated rings. The summed E-state index contributed by atoms with van der Waals surface area (Å²) >= 11 is -2.56. The van der Waals surface area contributed by atoms with Crippen LogP contribution in [0.2, 0.25) is 38.3 Å². The van der Waals surface area contributed by atoms with Gasteiger partial charge in [-0.2, -0.15) is 0 Å². The van der Waals surface area contributed by atoms with Crippen molar-refractivity contribution in [3.05, 3.63) is 0 Å².